The molecule has 0 bridgehead atoms. The summed E-state index contributed by atoms with van der Waals surface area (Å²) in [7, 11) is 0. The van der Waals surface area contributed by atoms with Gasteiger partial charge in [-0.3, -0.25) is 4.79 Å². The highest BCUT2D eigenvalue weighted by Gasteiger charge is 2.38. The van der Waals surface area contributed by atoms with Gasteiger partial charge in [0.1, 0.15) is 5.78 Å². The van der Waals surface area contributed by atoms with Gasteiger partial charge in [-0.2, -0.15) is 0 Å². The molecule has 1 rings (SSSR count). The SMILES string of the molecule is CC(O)C1(C)CCCCC1=O. The van der Waals surface area contributed by atoms with E-state index in [1.807, 2.05) is 6.92 Å². The van der Waals surface area contributed by atoms with Crippen molar-refractivity contribution in [3.05, 3.63) is 0 Å². The van der Waals surface area contributed by atoms with E-state index in [9.17, 15) is 9.90 Å². The summed E-state index contributed by atoms with van der Waals surface area (Å²) in [5.41, 5.74) is -0.446. The summed E-state index contributed by atoms with van der Waals surface area (Å²) in [5, 5.41) is 9.39. The average molecular weight is 156 g/mol. The molecule has 2 nitrogen and oxygen atoms in total. The first-order valence-corrected chi connectivity index (χ1v) is 4.29. The molecule has 1 aliphatic rings. The molecule has 0 aromatic heterocycles. The number of rotatable bonds is 1. The van der Waals surface area contributed by atoms with Gasteiger partial charge in [0, 0.05) is 6.42 Å². The molecule has 0 spiro atoms. The third-order valence-electron chi connectivity index (χ3n) is 2.91. The van der Waals surface area contributed by atoms with Gasteiger partial charge in [-0.05, 0) is 19.8 Å². The van der Waals surface area contributed by atoms with E-state index in [1.165, 1.54) is 0 Å². The van der Waals surface area contributed by atoms with E-state index in [4.69, 9.17) is 0 Å². The van der Waals surface area contributed by atoms with Gasteiger partial charge in [-0.25, -0.2) is 0 Å². The maximum absolute atomic E-state index is 11.4. The van der Waals surface area contributed by atoms with E-state index >= 15 is 0 Å². The maximum Gasteiger partial charge on any atom is 0.141 e. The molecule has 64 valence electrons. The summed E-state index contributed by atoms with van der Waals surface area (Å²) in [5.74, 6) is 0.235. The Labute approximate surface area is 67.6 Å². The quantitative estimate of drug-likeness (QED) is 0.625. The van der Waals surface area contributed by atoms with Crippen LogP contribution in [0.25, 0.3) is 0 Å². The van der Waals surface area contributed by atoms with Crippen LogP contribution in [0.3, 0.4) is 0 Å². The summed E-state index contributed by atoms with van der Waals surface area (Å²) in [4.78, 5) is 11.4. The van der Waals surface area contributed by atoms with Crippen LogP contribution < -0.4 is 0 Å². The van der Waals surface area contributed by atoms with Crippen LogP contribution in [0, 0.1) is 5.41 Å². The van der Waals surface area contributed by atoms with Crippen molar-refractivity contribution in [2.45, 2.75) is 45.6 Å². The smallest absolute Gasteiger partial charge is 0.141 e. The van der Waals surface area contributed by atoms with Crippen molar-refractivity contribution in [3.63, 3.8) is 0 Å². The predicted octanol–water partition coefficient (Wildman–Crippen LogP) is 1.52. The molecule has 0 radical (unpaired) electrons. The molecule has 1 saturated carbocycles. The number of carbonyl (C=O) groups excluding carboxylic acids is 1. The average Bonchev–Trinajstić information content (AvgIpc) is 1.95. The normalized spacial score (nSPS) is 35.4. The van der Waals surface area contributed by atoms with Crippen LogP contribution in [-0.2, 0) is 4.79 Å². The molecular formula is C9H16O2. The fourth-order valence-electron chi connectivity index (χ4n) is 1.64. The first kappa shape index (κ1) is 8.72. The van der Waals surface area contributed by atoms with E-state index < -0.39 is 11.5 Å². The zero-order valence-electron chi connectivity index (χ0n) is 7.26. The molecule has 2 atom stereocenters. The number of carbonyl (C=O) groups is 1. The van der Waals surface area contributed by atoms with Crippen LogP contribution in [0.2, 0.25) is 0 Å². The number of aliphatic hydroxyl groups excluding tert-OH is 1. The Bertz CT molecular complexity index is 163. The van der Waals surface area contributed by atoms with E-state index in [1.54, 1.807) is 6.92 Å². The third kappa shape index (κ3) is 1.45. The molecule has 1 N–H and O–H groups in total. The summed E-state index contributed by atoms with van der Waals surface area (Å²) in [6, 6.07) is 0. The molecule has 11 heavy (non-hydrogen) atoms. The number of ketones is 1. The summed E-state index contributed by atoms with van der Waals surface area (Å²) < 4.78 is 0. The van der Waals surface area contributed by atoms with Gasteiger partial charge in [-0.1, -0.05) is 13.3 Å². The summed E-state index contributed by atoms with van der Waals surface area (Å²) in [6.07, 6.45) is 3.09. The molecule has 0 aliphatic heterocycles. The van der Waals surface area contributed by atoms with E-state index in [0.717, 1.165) is 19.3 Å². The van der Waals surface area contributed by atoms with Crippen LogP contribution in [0.1, 0.15) is 39.5 Å². The van der Waals surface area contributed by atoms with Crippen molar-refractivity contribution < 1.29 is 9.90 Å². The molecular weight excluding hydrogens is 140 g/mol. The van der Waals surface area contributed by atoms with Gasteiger partial charge in [0.05, 0.1) is 11.5 Å². The van der Waals surface area contributed by atoms with Crippen molar-refractivity contribution in [1.82, 2.24) is 0 Å². The van der Waals surface area contributed by atoms with Crippen molar-refractivity contribution in [3.8, 4) is 0 Å². The lowest BCUT2D eigenvalue weighted by Crippen LogP contribution is -2.40. The third-order valence-corrected chi connectivity index (χ3v) is 2.91. The fourth-order valence-corrected chi connectivity index (χ4v) is 1.64. The second-order valence-electron chi connectivity index (χ2n) is 3.72. The second-order valence-corrected chi connectivity index (χ2v) is 3.72. The molecule has 2 unspecified atom stereocenters. The van der Waals surface area contributed by atoms with Gasteiger partial charge in [0.15, 0.2) is 0 Å². The van der Waals surface area contributed by atoms with Crippen molar-refractivity contribution in [2.75, 3.05) is 0 Å². The Morgan fingerprint density at radius 2 is 2.18 bits per heavy atom. The predicted molar refractivity (Wildman–Crippen MR) is 43.3 cm³/mol. The van der Waals surface area contributed by atoms with E-state index in [0.29, 0.717) is 6.42 Å². The molecule has 1 aliphatic carbocycles. The number of hydrogen-bond acceptors (Lipinski definition) is 2. The highest BCUT2D eigenvalue weighted by molar-refractivity contribution is 5.85. The van der Waals surface area contributed by atoms with Crippen molar-refractivity contribution in [2.24, 2.45) is 5.41 Å². The number of Topliss-reactive ketones (excluding diaryl/α,β-unsaturated/α-hetero) is 1. The monoisotopic (exact) mass is 156 g/mol. The minimum atomic E-state index is -0.490. The Balaban J connectivity index is 2.73. The van der Waals surface area contributed by atoms with Crippen LogP contribution in [-0.4, -0.2) is 17.0 Å². The first-order chi connectivity index (χ1) is 5.07. The largest absolute Gasteiger partial charge is 0.392 e. The molecule has 0 amide bonds. The van der Waals surface area contributed by atoms with Gasteiger partial charge in [0.2, 0.25) is 0 Å². The Kier molecular flexibility index (Phi) is 2.33. The zero-order valence-corrected chi connectivity index (χ0v) is 7.26. The standard InChI is InChI=1S/C9H16O2/c1-7(10)9(2)6-4-3-5-8(9)11/h7,10H,3-6H2,1-2H3. The lowest BCUT2D eigenvalue weighted by atomic mass is 9.71. The van der Waals surface area contributed by atoms with Crippen molar-refractivity contribution >= 4 is 5.78 Å². The molecule has 0 saturated heterocycles. The highest BCUT2D eigenvalue weighted by atomic mass is 16.3. The van der Waals surface area contributed by atoms with Crippen LogP contribution in [0.5, 0.6) is 0 Å². The Morgan fingerprint density at radius 3 is 2.55 bits per heavy atom. The highest BCUT2D eigenvalue weighted by Crippen LogP contribution is 2.35. The minimum Gasteiger partial charge on any atom is -0.392 e. The Hall–Kier alpha value is -0.370. The van der Waals surface area contributed by atoms with Crippen LogP contribution >= 0.6 is 0 Å². The van der Waals surface area contributed by atoms with E-state index in [-0.39, 0.29) is 5.78 Å². The minimum absolute atomic E-state index is 0.235. The lowest BCUT2D eigenvalue weighted by Gasteiger charge is -2.34. The van der Waals surface area contributed by atoms with E-state index in [2.05, 4.69) is 0 Å². The van der Waals surface area contributed by atoms with Crippen LogP contribution in [0.4, 0.5) is 0 Å². The molecule has 0 aromatic rings. The first-order valence-electron chi connectivity index (χ1n) is 4.29. The van der Waals surface area contributed by atoms with Gasteiger partial charge < -0.3 is 5.11 Å². The second kappa shape index (κ2) is 2.94. The van der Waals surface area contributed by atoms with Crippen molar-refractivity contribution in [1.29, 1.82) is 0 Å². The van der Waals surface area contributed by atoms with Gasteiger partial charge >= 0.3 is 0 Å². The topological polar surface area (TPSA) is 37.3 Å². The number of aliphatic hydroxyl groups is 1. The fraction of sp³-hybridized carbons (Fsp3) is 0.889. The molecule has 2 heteroatoms. The summed E-state index contributed by atoms with van der Waals surface area (Å²) in [6.45, 7) is 3.59. The van der Waals surface area contributed by atoms with Gasteiger partial charge in [0.25, 0.3) is 0 Å². The maximum atomic E-state index is 11.4. The van der Waals surface area contributed by atoms with Crippen LogP contribution in [0.15, 0.2) is 0 Å². The lowest BCUT2D eigenvalue weighted by molar-refractivity contribution is -0.136. The number of hydrogen-bond donors (Lipinski definition) is 1. The van der Waals surface area contributed by atoms with Gasteiger partial charge in [-0.15, -0.1) is 0 Å². The summed E-state index contributed by atoms with van der Waals surface area (Å²) >= 11 is 0. The molecule has 0 heterocycles. The molecule has 0 aromatic carbocycles. The zero-order chi connectivity index (χ0) is 8.48. The Morgan fingerprint density at radius 1 is 1.55 bits per heavy atom. The molecule has 1 fully saturated rings.